The molecule has 1 aromatic carbocycles. The highest BCUT2D eigenvalue weighted by Gasteiger charge is 2.03. The molecule has 0 aromatic heterocycles. The second-order valence-electron chi connectivity index (χ2n) is 4.02. The van der Waals surface area contributed by atoms with Gasteiger partial charge < -0.3 is 16.2 Å². The summed E-state index contributed by atoms with van der Waals surface area (Å²) in [6, 6.07) is 6.85. The van der Waals surface area contributed by atoms with Crippen LogP contribution >= 0.6 is 0 Å². The molecular formula is C13H18N2O3. The number of hydrogen-bond acceptors (Lipinski definition) is 3. The van der Waals surface area contributed by atoms with Gasteiger partial charge >= 0.3 is 0 Å². The van der Waals surface area contributed by atoms with Gasteiger partial charge in [0.2, 0.25) is 11.8 Å². The van der Waals surface area contributed by atoms with E-state index in [9.17, 15) is 9.59 Å². The third-order valence-electron chi connectivity index (χ3n) is 2.51. The lowest BCUT2D eigenvalue weighted by Gasteiger charge is -2.06. The zero-order valence-electron chi connectivity index (χ0n) is 10.2. The van der Waals surface area contributed by atoms with Crippen LogP contribution in [0.4, 0.5) is 0 Å². The van der Waals surface area contributed by atoms with Gasteiger partial charge in [0.1, 0.15) is 0 Å². The number of nitrogens with two attached hydrogens (primary N) is 1. The fourth-order valence-electron chi connectivity index (χ4n) is 1.52. The smallest absolute Gasteiger partial charge is 0.248 e. The maximum Gasteiger partial charge on any atom is 0.248 e. The summed E-state index contributed by atoms with van der Waals surface area (Å²) in [5.74, 6) is -0.543. The van der Waals surface area contributed by atoms with Crippen LogP contribution in [0.3, 0.4) is 0 Å². The second-order valence-corrected chi connectivity index (χ2v) is 4.02. The number of rotatable bonds is 7. The van der Waals surface area contributed by atoms with Crippen molar-refractivity contribution in [1.29, 1.82) is 0 Å². The molecule has 2 amide bonds. The van der Waals surface area contributed by atoms with Gasteiger partial charge in [-0.15, -0.1) is 0 Å². The Morgan fingerprint density at radius 2 is 2.06 bits per heavy atom. The molecule has 0 aliphatic rings. The van der Waals surface area contributed by atoms with Crippen molar-refractivity contribution in [2.75, 3.05) is 6.61 Å². The summed E-state index contributed by atoms with van der Waals surface area (Å²) < 4.78 is 0. The van der Waals surface area contributed by atoms with Crippen molar-refractivity contribution in [3.8, 4) is 0 Å². The summed E-state index contributed by atoms with van der Waals surface area (Å²) >= 11 is 0. The van der Waals surface area contributed by atoms with Crippen molar-refractivity contribution < 1.29 is 14.7 Å². The number of hydrogen-bond donors (Lipinski definition) is 3. The number of primary amides is 1. The molecule has 0 fully saturated rings. The van der Waals surface area contributed by atoms with E-state index in [1.54, 1.807) is 18.2 Å². The summed E-state index contributed by atoms with van der Waals surface area (Å²) in [6.07, 6.45) is 1.70. The third kappa shape index (κ3) is 4.97. The molecule has 0 atom stereocenters. The van der Waals surface area contributed by atoms with Crippen molar-refractivity contribution in [3.63, 3.8) is 0 Å². The van der Waals surface area contributed by atoms with Crippen LogP contribution < -0.4 is 11.1 Å². The van der Waals surface area contributed by atoms with Crippen molar-refractivity contribution in [1.82, 2.24) is 5.32 Å². The van der Waals surface area contributed by atoms with Gasteiger partial charge in [0.25, 0.3) is 0 Å². The van der Waals surface area contributed by atoms with Crippen molar-refractivity contribution >= 4 is 11.8 Å². The van der Waals surface area contributed by atoms with Gasteiger partial charge in [-0.05, 0) is 30.5 Å². The van der Waals surface area contributed by atoms with Gasteiger partial charge in [-0.3, -0.25) is 9.59 Å². The fraction of sp³-hybridized carbons (Fsp3) is 0.385. The maximum atomic E-state index is 11.4. The van der Waals surface area contributed by atoms with Crippen molar-refractivity contribution in [3.05, 3.63) is 35.4 Å². The molecule has 0 radical (unpaired) electrons. The summed E-state index contributed by atoms with van der Waals surface area (Å²) in [6.45, 7) is 0.479. The van der Waals surface area contributed by atoms with E-state index < -0.39 is 5.91 Å². The third-order valence-corrected chi connectivity index (χ3v) is 2.51. The molecule has 0 bridgehead atoms. The molecule has 0 unspecified atom stereocenters. The zero-order chi connectivity index (χ0) is 13.4. The number of benzene rings is 1. The number of carbonyl (C=O) groups is 2. The number of aliphatic hydroxyl groups is 1. The molecule has 1 aromatic rings. The normalized spacial score (nSPS) is 10.1. The average molecular weight is 250 g/mol. The Labute approximate surface area is 106 Å². The van der Waals surface area contributed by atoms with Crippen LogP contribution in [0.2, 0.25) is 0 Å². The molecule has 0 aliphatic carbocycles. The second kappa shape index (κ2) is 7.45. The van der Waals surface area contributed by atoms with E-state index >= 15 is 0 Å². The van der Waals surface area contributed by atoms with E-state index in [1.165, 1.54) is 0 Å². The zero-order valence-corrected chi connectivity index (χ0v) is 10.2. The Hall–Kier alpha value is -1.88. The molecule has 1 rings (SSSR count). The van der Waals surface area contributed by atoms with Crippen LogP contribution in [0.25, 0.3) is 0 Å². The van der Waals surface area contributed by atoms with Gasteiger partial charge in [0, 0.05) is 25.1 Å². The predicted molar refractivity (Wildman–Crippen MR) is 67.7 cm³/mol. The van der Waals surface area contributed by atoms with Gasteiger partial charge in [-0.25, -0.2) is 0 Å². The standard InChI is InChI=1S/C13H18N2O3/c14-13(18)11-5-3-4-10(8-11)9-15-12(17)6-1-2-7-16/h3-5,8,16H,1-2,6-7,9H2,(H2,14,18)(H,15,17). The van der Waals surface area contributed by atoms with E-state index in [1.807, 2.05) is 6.07 Å². The van der Waals surface area contributed by atoms with Crippen LogP contribution in [0, 0.1) is 0 Å². The Morgan fingerprint density at radius 1 is 1.28 bits per heavy atom. The molecule has 0 spiro atoms. The molecule has 4 N–H and O–H groups in total. The van der Waals surface area contributed by atoms with Crippen LogP contribution in [0.5, 0.6) is 0 Å². The van der Waals surface area contributed by atoms with Gasteiger partial charge in [0.15, 0.2) is 0 Å². The minimum atomic E-state index is -0.480. The maximum absolute atomic E-state index is 11.4. The van der Waals surface area contributed by atoms with Crippen LogP contribution in [-0.2, 0) is 11.3 Å². The quantitative estimate of drug-likeness (QED) is 0.617. The topological polar surface area (TPSA) is 92.4 Å². The Balaban J connectivity index is 2.41. The molecule has 5 heteroatoms. The van der Waals surface area contributed by atoms with E-state index in [2.05, 4.69) is 5.32 Å². The van der Waals surface area contributed by atoms with Crippen LogP contribution in [0.1, 0.15) is 35.2 Å². The molecule has 5 nitrogen and oxygen atoms in total. The van der Waals surface area contributed by atoms with E-state index in [4.69, 9.17) is 10.8 Å². The highest BCUT2D eigenvalue weighted by atomic mass is 16.3. The van der Waals surface area contributed by atoms with Crippen molar-refractivity contribution in [2.24, 2.45) is 5.73 Å². The molecular weight excluding hydrogens is 232 g/mol. The number of amides is 2. The first-order valence-electron chi connectivity index (χ1n) is 5.90. The lowest BCUT2D eigenvalue weighted by Crippen LogP contribution is -2.22. The molecule has 98 valence electrons. The highest BCUT2D eigenvalue weighted by Crippen LogP contribution is 2.04. The summed E-state index contributed by atoms with van der Waals surface area (Å²) in [7, 11) is 0. The molecule has 0 saturated heterocycles. The van der Waals surface area contributed by atoms with E-state index in [0.717, 1.165) is 5.56 Å². The summed E-state index contributed by atoms with van der Waals surface area (Å²) in [5, 5.41) is 11.3. The van der Waals surface area contributed by atoms with Gasteiger partial charge in [0.05, 0.1) is 0 Å². The summed E-state index contributed by atoms with van der Waals surface area (Å²) in [5.41, 5.74) is 6.44. The Kier molecular flexibility index (Phi) is 5.87. The first kappa shape index (κ1) is 14.2. The summed E-state index contributed by atoms with van der Waals surface area (Å²) in [4.78, 5) is 22.4. The molecule has 0 saturated carbocycles. The average Bonchev–Trinajstić information content (AvgIpc) is 2.37. The van der Waals surface area contributed by atoms with Gasteiger partial charge in [-0.1, -0.05) is 12.1 Å². The van der Waals surface area contributed by atoms with E-state index in [-0.39, 0.29) is 12.5 Å². The number of nitrogens with one attached hydrogen (secondary N) is 1. The van der Waals surface area contributed by atoms with E-state index in [0.29, 0.717) is 31.4 Å². The number of aliphatic hydroxyl groups excluding tert-OH is 1. The Morgan fingerprint density at radius 3 is 2.72 bits per heavy atom. The molecule has 0 heterocycles. The van der Waals surface area contributed by atoms with Crippen molar-refractivity contribution in [2.45, 2.75) is 25.8 Å². The first-order valence-corrected chi connectivity index (χ1v) is 5.90. The lowest BCUT2D eigenvalue weighted by molar-refractivity contribution is -0.121. The SMILES string of the molecule is NC(=O)c1cccc(CNC(=O)CCCCO)c1. The fourth-order valence-corrected chi connectivity index (χ4v) is 1.52. The largest absolute Gasteiger partial charge is 0.396 e. The molecule has 0 aliphatic heterocycles. The Bertz CT molecular complexity index is 418. The predicted octanol–water partition coefficient (Wildman–Crippen LogP) is 0.564. The lowest BCUT2D eigenvalue weighted by atomic mass is 10.1. The van der Waals surface area contributed by atoms with Crippen LogP contribution in [0.15, 0.2) is 24.3 Å². The highest BCUT2D eigenvalue weighted by molar-refractivity contribution is 5.92. The number of carbonyl (C=O) groups excluding carboxylic acids is 2. The molecule has 18 heavy (non-hydrogen) atoms. The minimum Gasteiger partial charge on any atom is -0.396 e. The number of unbranched alkanes of at least 4 members (excludes halogenated alkanes) is 1. The minimum absolute atomic E-state index is 0.0621. The first-order chi connectivity index (χ1) is 8.63. The monoisotopic (exact) mass is 250 g/mol. The van der Waals surface area contributed by atoms with Gasteiger partial charge in [-0.2, -0.15) is 0 Å². The van der Waals surface area contributed by atoms with Crippen LogP contribution in [-0.4, -0.2) is 23.5 Å².